The first-order chi connectivity index (χ1) is 9.70. The van der Waals surface area contributed by atoms with E-state index in [9.17, 15) is 4.79 Å². The molecule has 0 saturated heterocycles. The zero-order chi connectivity index (χ0) is 14.4. The first-order valence-corrected chi connectivity index (χ1v) is 7.06. The Morgan fingerprint density at radius 1 is 1.15 bits per heavy atom. The normalized spacial score (nSPS) is 11.9. The monoisotopic (exact) mass is 269 g/mol. The standard InChI is InChI=1S/C17H20N2O/c1-3-7-15-10-12-19(13-11-15)14(2)17(20)18-16-8-5-4-6-9-16/h4-6,8-14H,3,7H2,1-2H3/p+1/t14-/m0/s1. The van der Waals surface area contributed by atoms with E-state index in [-0.39, 0.29) is 11.9 Å². The van der Waals surface area contributed by atoms with Crippen LogP contribution in [-0.4, -0.2) is 5.91 Å². The van der Waals surface area contributed by atoms with Gasteiger partial charge in [-0.3, -0.25) is 4.79 Å². The van der Waals surface area contributed by atoms with Gasteiger partial charge in [-0.25, -0.2) is 0 Å². The molecule has 3 nitrogen and oxygen atoms in total. The predicted molar refractivity (Wildman–Crippen MR) is 80.4 cm³/mol. The lowest BCUT2D eigenvalue weighted by atomic mass is 10.1. The number of nitrogens with one attached hydrogen (secondary N) is 1. The maximum atomic E-state index is 12.2. The minimum Gasteiger partial charge on any atom is -0.320 e. The van der Waals surface area contributed by atoms with Gasteiger partial charge in [0, 0.05) is 24.7 Å². The van der Waals surface area contributed by atoms with Crippen molar-refractivity contribution in [1.29, 1.82) is 0 Å². The van der Waals surface area contributed by atoms with Crippen molar-refractivity contribution < 1.29 is 9.36 Å². The fourth-order valence-corrected chi connectivity index (χ4v) is 2.09. The van der Waals surface area contributed by atoms with E-state index in [1.807, 2.05) is 54.2 Å². The third kappa shape index (κ3) is 3.67. The Bertz CT molecular complexity index is 549. The lowest BCUT2D eigenvalue weighted by Crippen LogP contribution is -2.44. The molecule has 0 saturated carbocycles. The van der Waals surface area contributed by atoms with Gasteiger partial charge in [0.1, 0.15) is 0 Å². The Morgan fingerprint density at radius 3 is 2.40 bits per heavy atom. The number of benzene rings is 1. The SMILES string of the molecule is CCCc1cc[n+]([C@@H](C)C(=O)Nc2ccccc2)cc1. The van der Waals surface area contributed by atoms with Crippen molar-refractivity contribution in [3.05, 3.63) is 60.4 Å². The van der Waals surface area contributed by atoms with E-state index < -0.39 is 0 Å². The second-order valence-electron chi connectivity index (χ2n) is 4.93. The molecule has 1 aromatic heterocycles. The third-order valence-corrected chi connectivity index (χ3v) is 3.33. The molecule has 1 amide bonds. The molecular weight excluding hydrogens is 248 g/mol. The van der Waals surface area contributed by atoms with Crippen molar-refractivity contribution in [3.63, 3.8) is 0 Å². The molecule has 0 radical (unpaired) electrons. The van der Waals surface area contributed by atoms with Gasteiger partial charge in [-0.1, -0.05) is 31.5 Å². The molecule has 0 aliphatic rings. The van der Waals surface area contributed by atoms with Crippen molar-refractivity contribution in [3.8, 4) is 0 Å². The van der Waals surface area contributed by atoms with Gasteiger partial charge in [-0.15, -0.1) is 0 Å². The molecule has 0 unspecified atom stereocenters. The molecule has 0 aliphatic heterocycles. The summed E-state index contributed by atoms with van der Waals surface area (Å²) >= 11 is 0. The van der Waals surface area contributed by atoms with Crippen LogP contribution < -0.4 is 9.88 Å². The highest BCUT2D eigenvalue weighted by molar-refractivity contribution is 5.92. The van der Waals surface area contributed by atoms with Crippen LogP contribution in [0.2, 0.25) is 0 Å². The number of amides is 1. The van der Waals surface area contributed by atoms with Crippen LogP contribution in [0.4, 0.5) is 5.69 Å². The first kappa shape index (κ1) is 14.3. The van der Waals surface area contributed by atoms with Crippen LogP contribution in [0.15, 0.2) is 54.9 Å². The first-order valence-electron chi connectivity index (χ1n) is 7.06. The lowest BCUT2D eigenvalue weighted by molar-refractivity contribution is -0.705. The Morgan fingerprint density at radius 2 is 1.80 bits per heavy atom. The van der Waals surface area contributed by atoms with Gasteiger partial charge in [0.15, 0.2) is 12.4 Å². The molecular formula is C17H21N2O+. The second-order valence-corrected chi connectivity index (χ2v) is 4.93. The number of anilines is 1. The Labute approximate surface area is 120 Å². The van der Waals surface area contributed by atoms with Crippen molar-refractivity contribution >= 4 is 11.6 Å². The van der Waals surface area contributed by atoms with E-state index in [0.717, 1.165) is 18.5 Å². The highest BCUT2D eigenvalue weighted by Gasteiger charge is 2.21. The highest BCUT2D eigenvalue weighted by atomic mass is 16.2. The minimum atomic E-state index is -0.231. The maximum absolute atomic E-state index is 12.2. The average Bonchev–Trinajstić information content (AvgIpc) is 2.48. The van der Waals surface area contributed by atoms with Gasteiger partial charge in [-0.2, -0.15) is 4.57 Å². The highest BCUT2D eigenvalue weighted by Crippen LogP contribution is 2.08. The molecule has 1 aromatic carbocycles. The molecule has 3 heteroatoms. The van der Waals surface area contributed by atoms with Gasteiger partial charge in [0.05, 0.1) is 0 Å². The summed E-state index contributed by atoms with van der Waals surface area (Å²) in [6.07, 6.45) is 6.15. The molecule has 1 atom stereocenters. The van der Waals surface area contributed by atoms with Crippen LogP contribution in [0.1, 0.15) is 31.9 Å². The maximum Gasteiger partial charge on any atom is 0.293 e. The quantitative estimate of drug-likeness (QED) is 0.831. The van der Waals surface area contributed by atoms with Crippen molar-refractivity contribution in [2.75, 3.05) is 5.32 Å². The molecule has 1 heterocycles. The Balaban J connectivity index is 2.02. The number of aryl methyl sites for hydroxylation is 1. The summed E-state index contributed by atoms with van der Waals surface area (Å²) in [5, 5.41) is 2.92. The number of hydrogen-bond donors (Lipinski definition) is 1. The summed E-state index contributed by atoms with van der Waals surface area (Å²) < 4.78 is 1.93. The number of carbonyl (C=O) groups is 1. The minimum absolute atomic E-state index is 0.00978. The number of hydrogen-bond acceptors (Lipinski definition) is 1. The summed E-state index contributed by atoms with van der Waals surface area (Å²) in [6.45, 7) is 4.06. The molecule has 20 heavy (non-hydrogen) atoms. The largest absolute Gasteiger partial charge is 0.320 e. The molecule has 0 fully saturated rings. The van der Waals surface area contributed by atoms with Gasteiger partial charge in [-0.05, 0) is 24.1 Å². The predicted octanol–water partition coefficient (Wildman–Crippen LogP) is 3.13. The fourth-order valence-electron chi connectivity index (χ4n) is 2.09. The zero-order valence-corrected chi connectivity index (χ0v) is 12.0. The van der Waals surface area contributed by atoms with Crippen LogP contribution in [0.5, 0.6) is 0 Å². The number of para-hydroxylation sites is 1. The Hall–Kier alpha value is -2.16. The second kappa shape index (κ2) is 6.85. The van der Waals surface area contributed by atoms with Crippen LogP contribution in [0.25, 0.3) is 0 Å². The van der Waals surface area contributed by atoms with E-state index >= 15 is 0 Å². The van der Waals surface area contributed by atoms with Crippen molar-refractivity contribution in [2.24, 2.45) is 0 Å². The summed E-state index contributed by atoms with van der Waals surface area (Å²) in [6, 6.07) is 13.5. The topological polar surface area (TPSA) is 33.0 Å². The smallest absolute Gasteiger partial charge is 0.293 e. The van der Waals surface area contributed by atoms with Gasteiger partial charge < -0.3 is 5.32 Å². The number of carbonyl (C=O) groups excluding carboxylic acids is 1. The summed E-state index contributed by atoms with van der Waals surface area (Å²) in [4.78, 5) is 12.2. The van der Waals surface area contributed by atoms with Crippen LogP contribution in [0, 0.1) is 0 Å². The van der Waals surface area contributed by atoms with Crippen molar-refractivity contribution in [1.82, 2.24) is 0 Å². The molecule has 0 bridgehead atoms. The van der Waals surface area contributed by atoms with Crippen LogP contribution in [-0.2, 0) is 11.2 Å². The number of nitrogens with zero attached hydrogens (tertiary/aromatic N) is 1. The van der Waals surface area contributed by atoms with Crippen LogP contribution in [0.3, 0.4) is 0 Å². The summed E-state index contributed by atoms with van der Waals surface area (Å²) in [5.74, 6) is -0.00978. The molecule has 0 aliphatic carbocycles. The lowest BCUT2D eigenvalue weighted by Gasteiger charge is -2.09. The van der Waals surface area contributed by atoms with E-state index in [1.165, 1.54) is 5.56 Å². The third-order valence-electron chi connectivity index (χ3n) is 3.33. The molecule has 0 spiro atoms. The van der Waals surface area contributed by atoms with Crippen molar-refractivity contribution in [2.45, 2.75) is 32.7 Å². The summed E-state index contributed by atoms with van der Waals surface area (Å²) in [5.41, 5.74) is 2.13. The van der Waals surface area contributed by atoms with E-state index in [2.05, 4.69) is 24.4 Å². The number of rotatable bonds is 5. The average molecular weight is 269 g/mol. The van der Waals surface area contributed by atoms with E-state index in [0.29, 0.717) is 0 Å². The van der Waals surface area contributed by atoms with E-state index in [1.54, 1.807) is 0 Å². The van der Waals surface area contributed by atoms with Gasteiger partial charge in [0.2, 0.25) is 6.04 Å². The fraction of sp³-hybridized carbons (Fsp3) is 0.294. The molecule has 2 rings (SSSR count). The Kier molecular flexibility index (Phi) is 4.88. The summed E-state index contributed by atoms with van der Waals surface area (Å²) in [7, 11) is 0. The van der Waals surface area contributed by atoms with Crippen LogP contribution >= 0.6 is 0 Å². The number of pyridine rings is 1. The molecule has 1 N–H and O–H groups in total. The number of aromatic nitrogens is 1. The van der Waals surface area contributed by atoms with E-state index in [4.69, 9.17) is 0 Å². The molecule has 2 aromatic rings. The molecule has 104 valence electrons. The van der Waals surface area contributed by atoms with Gasteiger partial charge >= 0.3 is 0 Å². The zero-order valence-electron chi connectivity index (χ0n) is 12.0. The van der Waals surface area contributed by atoms with Gasteiger partial charge in [0.25, 0.3) is 5.91 Å².